The summed E-state index contributed by atoms with van der Waals surface area (Å²) in [6.07, 6.45) is 0. The number of hydrogen-bond donors (Lipinski definition) is 0. The maximum Gasteiger partial charge on any atom is 6.00 e. The molecular weight excluding hydrogens is 262 g/mol. The van der Waals surface area contributed by atoms with E-state index in [1.807, 2.05) is 0 Å². The molecule has 0 aromatic heterocycles. The molecule has 0 N–H and O–H groups in total. The summed E-state index contributed by atoms with van der Waals surface area (Å²) < 4.78 is 0. The van der Waals surface area contributed by atoms with Crippen molar-refractivity contribution in [2.24, 2.45) is 0 Å². The Morgan fingerprint density at radius 1 is 0.429 bits per heavy atom. The molecule has 0 saturated heterocycles. The van der Waals surface area contributed by atoms with Gasteiger partial charge in [-0.2, -0.15) is 0 Å². The van der Waals surface area contributed by atoms with Crippen LogP contribution in [-0.2, 0) is 43.0 Å². The van der Waals surface area contributed by atoms with Crippen molar-refractivity contribution < 1.29 is 80.7 Å². The maximum atomic E-state index is 0. The SMILES string of the molecule is [Li+].[Li+].[O-2].[O-2].[O-2].[O-2].[W+6]. The Balaban J connectivity index is 0. The summed E-state index contributed by atoms with van der Waals surface area (Å²) in [5.74, 6) is 0. The molecule has 0 bridgehead atoms. The first kappa shape index (κ1) is 175. The predicted molar refractivity (Wildman–Crippen MR) is 2.75 cm³/mol. The molecule has 0 fully saturated rings. The maximum absolute atomic E-state index is 0. The number of hydrogen-bond acceptors (Lipinski definition) is 0. The molecule has 0 aromatic carbocycles. The van der Waals surface area contributed by atoms with E-state index >= 15 is 0 Å². The zero-order valence-corrected chi connectivity index (χ0v) is 6.97. The van der Waals surface area contributed by atoms with Gasteiger partial charge in [0.15, 0.2) is 0 Å². The Morgan fingerprint density at radius 3 is 0.429 bits per heavy atom. The quantitative estimate of drug-likeness (QED) is 0.386. The standard InChI is InChI=1S/2Li.4O.W/q2*+1;4*-2;+6. The Kier molecular flexibility index (Phi) is 2940. The monoisotopic (exact) mass is 262 g/mol. The van der Waals surface area contributed by atoms with Crippen LogP contribution in [0.4, 0.5) is 0 Å². The van der Waals surface area contributed by atoms with Crippen LogP contribution in [0.2, 0.25) is 0 Å². The minimum absolute atomic E-state index is 0. The van der Waals surface area contributed by atoms with Gasteiger partial charge in [0, 0.05) is 0 Å². The van der Waals surface area contributed by atoms with E-state index in [2.05, 4.69) is 0 Å². The molecule has 0 heterocycles. The summed E-state index contributed by atoms with van der Waals surface area (Å²) in [6, 6.07) is 0. The van der Waals surface area contributed by atoms with Crippen LogP contribution < -0.4 is 37.7 Å². The van der Waals surface area contributed by atoms with Crippen molar-refractivity contribution in [2.45, 2.75) is 0 Å². The van der Waals surface area contributed by atoms with Gasteiger partial charge in [0.2, 0.25) is 0 Å². The molecule has 0 radical (unpaired) electrons. The molecule has 0 spiro atoms. The molecule has 0 rings (SSSR count). The minimum Gasteiger partial charge on any atom is -2.00 e. The van der Waals surface area contributed by atoms with Gasteiger partial charge >= 0.3 is 58.8 Å². The fourth-order valence-electron chi connectivity index (χ4n) is 0. The van der Waals surface area contributed by atoms with Crippen LogP contribution in [-0.4, -0.2) is 0 Å². The van der Waals surface area contributed by atoms with Crippen molar-refractivity contribution in [1.29, 1.82) is 0 Å². The zero-order chi connectivity index (χ0) is 0. The average Bonchev–Trinajstić information content (AvgIpc) is 0. The third kappa shape index (κ3) is 85.2. The van der Waals surface area contributed by atoms with Crippen LogP contribution in [0.5, 0.6) is 0 Å². The summed E-state index contributed by atoms with van der Waals surface area (Å²) in [6.45, 7) is 0. The van der Waals surface area contributed by atoms with Crippen LogP contribution in [0.3, 0.4) is 0 Å². The van der Waals surface area contributed by atoms with E-state index in [0.717, 1.165) is 0 Å². The third-order valence-corrected chi connectivity index (χ3v) is 0. The summed E-state index contributed by atoms with van der Waals surface area (Å²) in [7, 11) is 0. The van der Waals surface area contributed by atoms with E-state index in [1.165, 1.54) is 0 Å². The molecule has 0 unspecified atom stereocenters. The first-order valence-corrected chi connectivity index (χ1v) is 0. The molecule has 0 aliphatic rings. The first-order chi connectivity index (χ1) is 0. The van der Waals surface area contributed by atoms with Crippen molar-refractivity contribution in [2.75, 3.05) is 0 Å². The Labute approximate surface area is 80.3 Å². The van der Waals surface area contributed by atoms with Crippen LogP contribution in [0, 0.1) is 0 Å². The van der Waals surface area contributed by atoms with Gasteiger partial charge in [-0.25, -0.2) is 0 Å². The zero-order valence-electron chi connectivity index (χ0n) is 4.04. The fourth-order valence-corrected chi connectivity index (χ4v) is 0. The molecule has 0 aliphatic carbocycles. The van der Waals surface area contributed by atoms with E-state index in [0.29, 0.717) is 0 Å². The topological polar surface area (TPSA) is 114 Å². The predicted octanol–water partition coefficient (Wildman–Crippen LogP) is -6.47. The van der Waals surface area contributed by atoms with E-state index in [-0.39, 0.29) is 80.7 Å². The molecule has 4 nitrogen and oxygen atoms in total. The van der Waals surface area contributed by atoms with Crippen molar-refractivity contribution in [3.05, 3.63) is 0 Å². The summed E-state index contributed by atoms with van der Waals surface area (Å²) in [5, 5.41) is 0. The molecule has 0 amide bonds. The molecule has 0 saturated carbocycles. The molecule has 0 aliphatic heterocycles. The minimum atomic E-state index is 0. The van der Waals surface area contributed by atoms with E-state index in [9.17, 15) is 0 Å². The Bertz CT molecular complexity index is 9.65. The van der Waals surface area contributed by atoms with Gasteiger partial charge in [-0.3, -0.25) is 0 Å². The molecule has 7 heteroatoms. The van der Waals surface area contributed by atoms with Gasteiger partial charge in [0.25, 0.3) is 0 Å². The average molecular weight is 262 g/mol. The smallest absolute Gasteiger partial charge is 2.00 e. The second-order valence-electron chi connectivity index (χ2n) is 0. The van der Waals surface area contributed by atoms with Gasteiger partial charge in [0.05, 0.1) is 0 Å². The van der Waals surface area contributed by atoms with Crippen LogP contribution >= 0.6 is 0 Å². The van der Waals surface area contributed by atoms with Gasteiger partial charge in [-0.05, 0) is 0 Å². The molecule has 32 valence electrons. The third-order valence-electron chi connectivity index (χ3n) is 0. The van der Waals surface area contributed by atoms with E-state index in [1.54, 1.807) is 0 Å². The molecular formula is Li2O4W. The fraction of sp³-hybridized carbons (Fsp3) is 0. The second kappa shape index (κ2) is 118. The summed E-state index contributed by atoms with van der Waals surface area (Å²) in [4.78, 5) is 0. The van der Waals surface area contributed by atoms with Gasteiger partial charge < -0.3 is 21.9 Å². The number of rotatable bonds is 0. The van der Waals surface area contributed by atoms with E-state index < -0.39 is 0 Å². The molecule has 7 heavy (non-hydrogen) atoms. The van der Waals surface area contributed by atoms with Crippen molar-refractivity contribution in [1.82, 2.24) is 0 Å². The molecule has 0 atom stereocenters. The normalized spacial score (nSPS) is 0. The largest absolute Gasteiger partial charge is 6.00 e. The van der Waals surface area contributed by atoms with E-state index in [4.69, 9.17) is 0 Å². The first-order valence-electron chi connectivity index (χ1n) is 0. The van der Waals surface area contributed by atoms with Gasteiger partial charge in [0.1, 0.15) is 0 Å². The Hall–Kier alpha value is 1.72. The summed E-state index contributed by atoms with van der Waals surface area (Å²) in [5.41, 5.74) is 0. The van der Waals surface area contributed by atoms with Crippen LogP contribution in [0.25, 0.3) is 0 Å². The van der Waals surface area contributed by atoms with Crippen LogP contribution in [0.1, 0.15) is 0 Å². The van der Waals surface area contributed by atoms with Crippen molar-refractivity contribution in [3.63, 3.8) is 0 Å². The van der Waals surface area contributed by atoms with Crippen molar-refractivity contribution >= 4 is 0 Å². The van der Waals surface area contributed by atoms with Gasteiger partial charge in [-0.15, -0.1) is 0 Å². The molecule has 0 aromatic rings. The Morgan fingerprint density at radius 2 is 0.429 bits per heavy atom. The summed E-state index contributed by atoms with van der Waals surface area (Å²) >= 11 is 0. The second-order valence-corrected chi connectivity index (χ2v) is 0. The van der Waals surface area contributed by atoms with Crippen LogP contribution in [0.15, 0.2) is 0 Å². The van der Waals surface area contributed by atoms with Gasteiger partial charge in [-0.1, -0.05) is 0 Å². The van der Waals surface area contributed by atoms with Crippen molar-refractivity contribution in [3.8, 4) is 0 Å².